The van der Waals surface area contributed by atoms with Crippen LogP contribution in [0.25, 0.3) is 0 Å². The van der Waals surface area contributed by atoms with Crippen molar-refractivity contribution in [2.24, 2.45) is 4.99 Å². The van der Waals surface area contributed by atoms with Gasteiger partial charge in [0.15, 0.2) is 11.7 Å². The van der Waals surface area contributed by atoms with E-state index >= 15 is 0 Å². The molecule has 0 aliphatic carbocycles. The second kappa shape index (κ2) is 8.05. The first-order valence-corrected chi connectivity index (χ1v) is 6.89. The van der Waals surface area contributed by atoms with Crippen molar-refractivity contribution in [3.8, 4) is 0 Å². The van der Waals surface area contributed by atoms with Gasteiger partial charge in [0, 0.05) is 25.6 Å². The van der Waals surface area contributed by atoms with Gasteiger partial charge in [-0.15, -0.1) is 11.3 Å². The first-order valence-electron chi connectivity index (χ1n) is 6.01. The summed E-state index contributed by atoms with van der Waals surface area (Å²) in [6.45, 7) is 3.82. The predicted molar refractivity (Wildman–Crippen MR) is 71.8 cm³/mol. The van der Waals surface area contributed by atoms with Crippen LogP contribution in [0.5, 0.6) is 0 Å². The lowest BCUT2D eigenvalue weighted by molar-refractivity contribution is -0.140. The number of nitrogens with zero attached hydrogens (tertiary/aromatic N) is 2. The van der Waals surface area contributed by atoms with Crippen LogP contribution in [0.15, 0.2) is 10.4 Å². The number of halogens is 3. The minimum atomic E-state index is -4.40. The molecule has 2 N–H and O–H groups in total. The normalized spacial score (nSPS) is 12.6. The number of alkyl halides is 3. The molecule has 114 valence electrons. The molecule has 1 aromatic heterocycles. The fourth-order valence-electron chi connectivity index (χ4n) is 1.29. The third-order valence-electron chi connectivity index (χ3n) is 2.22. The topological polar surface area (TPSA) is 58.5 Å². The molecule has 0 fully saturated rings. The Kier molecular flexibility index (Phi) is 6.73. The van der Waals surface area contributed by atoms with Gasteiger partial charge in [-0.3, -0.25) is 4.99 Å². The molecular formula is C11H17F3N4OS. The molecule has 0 aliphatic heterocycles. The van der Waals surface area contributed by atoms with Crippen molar-refractivity contribution in [3.05, 3.63) is 16.1 Å². The van der Waals surface area contributed by atoms with Gasteiger partial charge in [0.1, 0.15) is 5.01 Å². The van der Waals surface area contributed by atoms with Crippen molar-refractivity contribution < 1.29 is 17.9 Å². The molecule has 1 aromatic rings. The van der Waals surface area contributed by atoms with Crippen LogP contribution in [0.1, 0.15) is 17.6 Å². The summed E-state index contributed by atoms with van der Waals surface area (Å²) < 4.78 is 42.3. The first-order chi connectivity index (χ1) is 9.47. The monoisotopic (exact) mass is 310 g/mol. The molecule has 0 amide bonds. The Labute approximate surface area is 119 Å². The Morgan fingerprint density at radius 2 is 2.20 bits per heavy atom. The third-order valence-corrected chi connectivity index (χ3v) is 3.06. The van der Waals surface area contributed by atoms with Gasteiger partial charge in [-0.25, -0.2) is 4.98 Å². The van der Waals surface area contributed by atoms with Crippen LogP contribution in [0.2, 0.25) is 0 Å². The van der Waals surface area contributed by atoms with Gasteiger partial charge in [0.05, 0.1) is 13.2 Å². The molecule has 1 heterocycles. The summed E-state index contributed by atoms with van der Waals surface area (Å²) in [7, 11) is 1.58. The summed E-state index contributed by atoms with van der Waals surface area (Å²) in [5.41, 5.74) is -0.862. The molecule has 0 atom stereocenters. The van der Waals surface area contributed by atoms with E-state index < -0.39 is 11.9 Å². The summed E-state index contributed by atoms with van der Waals surface area (Å²) in [4.78, 5) is 7.47. The number of ether oxygens (including phenoxy) is 1. The molecule has 0 aromatic carbocycles. The van der Waals surface area contributed by atoms with Crippen LogP contribution >= 0.6 is 11.3 Å². The second-order valence-electron chi connectivity index (χ2n) is 3.67. The number of nitrogens with one attached hydrogen (secondary N) is 2. The maximum atomic E-state index is 12.4. The number of hydrogen-bond donors (Lipinski definition) is 2. The van der Waals surface area contributed by atoms with E-state index in [-0.39, 0.29) is 6.54 Å². The SMILES string of the molecule is CCOCCNC(=NC)NCc1nc(C(F)(F)F)cs1. The van der Waals surface area contributed by atoms with Gasteiger partial charge in [-0.2, -0.15) is 13.2 Å². The van der Waals surface area contributed by atoms with E-state index in [0.29, 0.717) is 30.7 Å². The van der Waals surface area contributed by atoms with Crippen molar-refractivity contribution in [3.63, 3.8) is 0 Å². The van der Waals surface area contributed by atoms with E-state index in [9.17, 15) is 13.2 Å². The minimum Gasteiger partial charge on any atom is -0.380 e. The van der Waals surface area contributed by atoms with Gasteiger partial charge in [0.25, 0.3) is 0 Å². The standard InChI is InChI=1S/C11H17F3N4OS/c1-3-19-5-4-16-10(15-2)17-6-9-18-8(7-20-9)11(12,13)14/h7H,3-6H2,1-2H3,(H2,15,16,17). The van der Waals surface area contributed by atoms with Crippen molar-refractivity contribution >= 4 is 17.3 Å². The third kappa shape index (κ3) is 5.74. The molecule has 0 saturated heterocycles. The summed E-state index contributed by atoms with van der Waals surface area (Å²) in [5, 5.41) is 7.23. The lowest BCUT2D eigenvalue weighted by atomic mass is 10.5. The van der Waals surface area contributed by atoms with Crippen LogP contribution < -0.4 is 10.6 Å². The number of hydrogen-bond acceptors (Lipinski definition) is 4. The van der Waals surface area contributed by atoms with E-state index in [1.807, 2.05) is 6.92 Å². The fourth-order valence-corrected chi connectivity index (χ4v) is 2.03. The Morgan fingerprint density at radius 3 is 2.75 bits per heavy atom. The Balaban J connectivity index is 2.39. The molecule has 0 radical (unpaired) electrons. The number of aromatic nitrogens is 1. The van der Waals surface area contributed by atoms with E-state index in [1.54, 1.807) is 7.05 Å². The summed E-state index contributed by atoms with van der Waals surface area (Å²) in [6.07, 6.45) is -4.40. The van der Waals surface area contributed by atoms with E-state index in [1.165, 1.54) is 0 Å². The molecule has 0 spiro atoms. The lowest BCUT2D eigenvalue weighted by Gasteiger charge is -2.10. The quantitative estimate of drug-likeness (QED) is 0.478. The maximum absolute atomic E-state index is 12.4. The molecule has 0 unspecified atom stereocenters. The predicted octanol–water partition coefficient (Wildman–Crippen LogP) is 1.86. The summed E-state index contributed by atoms with van der Waals surface area (Å²) in [6, 6.07) is 0. The average molecular weight is 310 g/mol. The van der Waals surface area contributed by atoms with Gasteiger partial charge in [0.2, 0.25) is 0 Å². The molecule has 0 aliphatic rings. The van der Waals surface area contributed by atoms with Crippen LogP contribution in [0, 0.1) is 0 Å². The molecular weight excluding hydrogens is 293 g/mol. The highest BCUT2D eigenvalue weighted by Crippen LogP contribution is 2.29. The Hall–Kier alpha value is -1.35. The smallest absolute Gasteiger partial charge is 0.380 e. The van der Waals surface area contributed by atoms with Crippen LogP contribution in [0.3, 0.4) is 0 Å². The zero-order valence-corrected chi connectivity index (χ0v) is 12.1. The molecule has 0 bridgehead atoms. The van der Waals surface area contributed by atoms with Gasteiger partial charge in [-0.1, -0.05) is 0 Å². The number of aliphatic imine (C=N–C) groups is 1. The maximum Gasteiger partial charge on any atom is 0.434 e. The summed E-state index contributed by atoms with van der Waals surface area (Å²) in [5.74, 6) is 0.494. The van der Waals surface area contributed by atoms with Crippen LogP contribution in [-0.4, -0.2) is 37.7 Å². The first kappa shape index (κ1) is 16.7. The number of rotatable bonds is 6. The van der Waals surface area contributed by atoms with Gasteiger partial charge < -0.3 is 15.4 Å². The number of guanidine groups is 1. The fraction of sp³-hybridized carbons (Fsp3) is 0.636. The van der Waals surface area contributed by atoms with E-state index in [4.69, 9.17) is 4.74 Å². The zero-order chi connectivity index (χ0) is 15.0. The molecule has 0 saturated carbocycles. The van der Waals surface area contributed by atoms with Crippen LogP contribution in [0.4, 0.5) is 13.2 Å². The van der Waals surface area contributed by atoms with Crippen molar-refractivity contribution in [2.75, 3.05) is 26.8 Å². The molecule has 9 heteroatoms. The highest BCUT2D eigenvalue weighted by atomic mass is 32.1. The van der Waals surface area contributed by atoms with E-state index in [2.05, 4.69) is 20.6 Å². The lowest BCUT2D eigenvalue weighted by Crippen LogP contribution is -2.38. The zero-order valence-electron chi connectivity index (χ0n) is 11.3. The highest BCUT2D eigenvalue weighted by Gasteiger charge is 2.33. The Bertz CT molecular complexity index is 434. The second-order valence-corrected chi connectivity index (χ2v) is 4.62. The van der Waals surface area contributed by atoms with Crippen molar-refractivity contribution in [1.29, 1.82) is 0 Å². The average Bonchev–Trinajstić information content (AvgIpc) is 2.87. The number of thiazole rings is 1. The minimum absolute atomic E-state index is 0.190. The van der Waals surface area contributed by atoms with Gasteiger partial charge in [-0.05, 0) is 6.92 Å². The Morgan fingerprint density at radius 1 is 1.45 bits per heavy atom. The molecule has 20 heavy (non-hydrogen) atoms. The van der Waals surface area contributed by atoms with Gasteiger partial charge >= 0.3 is 6.18 Å². The van der Waals surface area contributed by atoms with Crippen molar-refractivity contribution in [1.82, 2.24) is 15.6 Å². The molecule has 1 rings (SSSR count). The highest BCUT2D eigenvalue weighted by molar-refractivity contribution is 7.09. The summed E-state index contributed by atoms with van der Waals surface area (Å²) >= 11 is 0.960. The van der Waals surface area contributed by atoms with Crippen molar-refractivity contribution in [2.45, 2.75) is 19.6 Å². The van der Waals surface area contributed by atoms with E-state index in [0.717, 1.165) is 16.7 Å². The largest absolute Gasteiger partial charge is 0.434 e. The van der Waals surface area contributed by atoms with Crippen LogP contribution in [-0.2, 0) is 17.5 Å². The molecule has 5 nitrogen and oxygen atoms in total.